The Labute approximate surface area is 134 Å². The molecule has 120 valence electrons. The Morgan fingerprint density at radius 1 is 1.57 bits per heavy atom. The minimum absolute atomic E-state index is 0.0589. The predicted molar refractivity (Wildman–Crippen MR) is 85.1 cm³/mol. The molecule has 7 heteroatoms. The van der Waals surface area contributed by atoms with Gasteiger partial charge in [-0.05, 0) is 34.2 Å². The fourth-order valence-electron chi connectivity index (χ4n) is 3.03. The lowest BCUT2D eigenvalue weighted by Crippen LogP contribution is -2.56. The van der Waals surface area contributed by atoms with Gasteiger partial charge in [0.15, 0.2) is 0 Å². The zero-order chi connectivity index (χ0) is 15.6. The van der Waals surface area contributed by atoms with Crippen molar-refractivity contribution in [2.24, 2.45) is 11.8 Å². The van der Waals surface area contributed by atoms with Gasteiger partial charge in [-0.1, -0.05) is 20.8 Å². The van der Waals surface area contributed by atoms with Crippen molar-refractivity contribution >= 4 is 21.8 Å². The molecule has 0 aromatic heterocycles. The summed E-state index contributed by atoms with van der Waals surface area (Å²) < 4.78 is 0.926. The minimum atomic E-state index is -0.319. The van der Waals surface area contributed by atoms with E-state index in [2.05, 4.69) is 39.0 Å². The van der Waals surface area contributed by atoms with Crippen molar-refractivity contribution in [1.82, 2.24) is 21.0 Å². The number of carbonyl (C=O) groups excluding carboxylic acids is 1. The van der Waals surface area contributed by atoms with Crippen LogP contribution in [0.2, 0.25) is 0 Å². The number of nitrogens with zero attached hydrogens (tertiary/aromatic N) is 1. The van der Waals surface area contributed by atoms with Crippen molar-refractivity contribution in [2.75, 3.05) is 13.7 Å². The maximum Gasteiger partial charge on any atom is 0.242 e. The number of likely N-dealkylation sites (tertiary alicyclic amines) is 1. The molecule has 0 aromatic carbocycles. The lowest BCUT2D eigenvalue weighted by atomic mass is 10.0. The molecule has 0 aromatic rings. The first-order valence-corrected chi connectivity index (χ1v) is 8.20. The van der Waals surface area contributed by atoms with Crippen molar-refractivity contribution in [3.63, 3.8) is 0 Å². The van der Waals surface area contributed by atoms with Crippen LogP contribution >= 0.6 is 15.9 Å². The van der Waals surface area contributed by atoms with E-state index in [1.807, 2.05) is 24.9 Å². The molecule has 4 atom stereocenters. The van der Waals surface area contributed by atoms with Gasteiger partial charge in [0.25, 0.3) is 0 Å². The zero-order valence-corrected chi connectivity index (χ0v) is 14.6. The molecule has 0 aliphatic carbocycles. The maximum absolute atomic E-state index is 12.9. The first-order chi connectivity index (χ1) is 9.93. The van der Waals surface area contributed by atoms with Gasteiger partial charge in [0.2, 0.25) is 5.91 Å². The number of carbonyl (C=O) groups is 1. The smallest absolute Gasteiger partial charge is 0.242 e. The van der Waals surface area contributed by atoms with Gasteiger partial charge >= 0.3 is 0 Å². The summed E-state index contributed by atoms with van der Waals surface area (Å²) in [6.45, 7) is 7.02. The third kappa shape index (κ3) is 3.70. The van der Waals surface area contributed by atoms with Crippen molar-refractivity contribution in [3.05, 3.63) is 10.8 Å². The monoisotopic (exact) mass is 360 g/mol. The highest BCUT2D eigenvalue weighted by Gasteiger charge is 2.41. The van der Waals surface area contributed by atoms with Gasteiger partial charge in [0.05, 0.1) is 17.8 Å². The molecule has 6 nitrogen and oxygen atoms in total. The van der Waals surface area contributed by atoms with Crippen LogP contribution in [0.25, 0.3) is 0 Å². The predicted octanol–water partition coefficient (Wildman–Crippen LogP) is 1.11. The summed E-state index contributed by atoms with van der Waals surface area (Å²) >= 11 is 3.43. The third-order valence-corrected chi connectivity index (χ3v) is 4.54. The Morgan fingerprint density at radius 3 is 2.81 bits per heavy atom. The normalized spacial score (nSPS) is 30.1. The van der Waals surface area contributed by atoms with E-state index in [9.17, 15) is 4.79 Å². The Hall–Kier alpha value is -0.790. The molecule has 1 unspecified atom stereocenters. The molecule has 0 spiro atoms. The quantitative estimate of drug-likeness (QED) is 0.506. The third-order valence-electron chi connectivity index (χ3n) is 4.08. The fraction of sp³-hybridized carbons (Fsp3) is 0.786. The average molecular weight is 361 g/mol. The number of nitrogens with one attached hydrogen (secondary N) is 3. The highest BCUT2D eigenvalue weighted by molar-refractivity contribution is 9.11. The standard InChI is InChI=1S/C14H25BrN4O2/c1-8(2)12(18-21-4)14(20)19-7-9(3)5-10(19)13-16-6-11(15)17-13/h6,8-10,12-13,16-18H,5,7H2,1-4H3/t9-,10-,12-,13?/m0/s1. The van der Waals surface area contributed by atoms with E-state index in [-0.39, 0.29) is 30.1 Å². The van der Waals surface area contributed by atoms with Gasteiger partial charge < -0.3 is 20.4 Å². The summed E-state index contributed by atoms with van der Waals surface area (Å²) in [5.74, 6) is 0.772. The molecular formula is C14H25BrN4O2. The number of hydroxylamine groups is 1. The van der Waals surface area contributed by atoms with E-state index in [1.165, 1.54) is 0 Å². The average Bonchev–Trinajstić information content (AvgIpc) is 3.00. The van der Waals surface area contributed by atoms with Crippen LogP contribution in [0.3, 0.4) is 0 Å². The molecule has 0 saturated carbocycles. The first-order valence-electron chi connectivity index (χ1n) is 7.41. The minimum Gasteiger partial charge on any atom is -0.368 e. The SMILES string of the molecule is CON[C@H](C(=O)N1C[C@@H](C)C[C@H]1C1NC=C(Br)N1)C(C)C. The Morgan fingerprint density at radius 2 is 2.29 bits per heavy atom. The molecule has 2 rings (SSSR count). The van der Waals surface area contributed by atoms with Gasteiger partial charge in [-0.3, -0.25) is 4.79 Å². The molecule has 21 heavy (non-hydrogen) atoms. The van der Waals surface area contributed by atoms with Crippen molar-refractivity contribution < 1.29 is 9.63 Å². The highest BCUT2D eigenvalue weighted by atomic mass is 79.9. The second-order valence-electron chi connectivity index (χ2n) is 6.22. The molecular weight excluding hydrogens is 336 g/mol. The molecule has 3 N–H and O–H groups in total. The molecule has 1 saturated heterocycles. The number of halogens is 1. The second kappa shape index (κ2) is 6.98. The summed E-state index contributed by atoms with van der Waals surface area (Å²) in [6, 6.07) is -0.181. The van der Waals surface area contributed by atoms with E-state index >= 15 is 0 Å². The number of amides is 1. The van der Waals surface area contributed by atoms with Gasteiger partial charge in [-0.25, -0.2) is 0 Å². The van der Waals surface area contributed by atoms with Crippen LogP contribution in [-0.2, 0) is 9.63 Å². The largest absolute Gasteiger partial charge is 0.368 e. The Balaban J connectivity index is 2.10. The van der Waals surface area contributed by atoms with Crippen LogP contribution in [0.4, 0.5) is 0 Å². The van der Waals surface area contributed by atoms with Crippen molar-refractivity contribution in [2.45, 2.75) is 45.4 Å². The molecule has 2 heterocycles. The molecule has 2 aliphatic rings. The van der Waals surface area contributed by atoms with E-state index in [4.69, 9.17) is 4.84 Å². The first kappa shape index (κ1) is 16.6. The van der Waals surface area contributed by atoms with Crippen molar-refractivity contribution in [1.29, 1.82) is 0 Å². The number of rotatable bonds is 5. The van der Waals surface area contributed by atoms with E-state index in [1.54, 1.807) is 7.11 Å². The lowest BCUT2D eigenvalue weighted by Gasteiger charge is -2.33. The fourth-order valence-corrected chi connectivity index (χ4v) is 3.41. The summed E-state index contributed by atoms with van der Waals surface area (Å²) in [5.41, 5.74) is 2.84. The summed E-state index contributed by atoms with van der Waals surface area (Å²) in [5, 5.41) is 6.61. The summed E-state index contributed by atoms with van der Waals surface area (Å²) in [4.78, 5) is 19.9. The maximum atomic E-state index is 12.9. The van der Waals surface area contributed by atoms with Gasteiger partial charge in [-0.15, -0.1) is 0 Å². The second-order valence-corrected chi connectivity index (χ2v) is 7.08. The summed E-state index contributed by atoms with van der Waals surface area (Å²) in [7, 11) is 1.55. The van der Waals surface area contributed by atoms with E-state index in [0.717, 1.165) is 17.6 Å². The van der Waals surface area contributed by atoms with Gasteiger partial charge in [0, 0.05) is 12.7 Å². The van der Waals surface area contributed by atoms with Crippen molar-refractivity contribution in [3.8, 4) is 0 Å². The highest BCUT2D eigenvalue weighted by Crippen LogP contribution is 2.28. The molecule has 0 radical (unpaired) electrons. The van der Waals surface area contributed by atoms with Crippen LogP contribution in [-0.4, -0.2) is 42.7 Å². The Bertz CT molecular complexity index is 416. The topological polar surface area (TPSA) is 65.6 Å². The van der Waals surface area contributed by atoms with E-state index < -0.39 is 0 Å². The lowest BCUT2D eigenvalue weighted by molar-refractivity contribution is -0.140. The van der Waals surface area contributed by atoms with Gasteiger partial charge in [0.1, 0.15) is 12.2 Å². The van der Waals surface area contributed by atoms with Crippen LogP contribution in [0.15, 0.2) is 10.8 Å². The zero-order valence-electron chi connectivity index (χ0n) is 13.0. The van der Waals surface area contributed by atoms with E-state index in [0.29, 0.717) is 5.92 Å². The molecule has 1 amide bonds. The molecule has 1 fully saturated rings. The van der Waals surface area contributed by atoms with Crippen LogP contribution in [0.1, 0.15) is 27.2 Å². The van der Waals surface area contributed by atoms with Crippen LogP contribution in [0.5, 0.6) is 0 Å². The Kier molecular flexibility index (Phi) is 5.51. The molecule has 0 bridgehead atoms. The van der Waals surface area contributed by atoms with Gasteiger partial charge in [-0.2, -0.15) is 5.48 Å². The summed E-state index contributed by atoms with van der Waals surface area (Å²) in [6.07, 6.45) is 2.94. The van der Waals surface area contributed by atoms with Crippen LogP contribution < -0.4 is 16.1 Å². The van der Waals surface area contributed by atoms with Crippen LogP contribution in [0, 0.1) is 11.8 Å². The number of hydrogen-bond donors (Lipinski definition) is 3. The number of hydrogen-bond acceptors (Lipinski definition) is 5. The molecule has 2 aliphatic heterocycles.